The van der Waals surface area contributed by atoms with Gasteiger partial charge in [0.1, 0.15) is 12.3 Å². The summed E-state index contributed by atoms with van der Waals surface area (Å²) in [5.41, 5.74) is 11.9. The van der Waals surface area contributed by atoms with E-state index in [-0.39, 0.29) is 0 Å². The van der Waals surface area contributed by atoms with E-state index in [0.29, 0.717) is 18.5 Å². The van der Waals surface area contributed by atoms with Crippen molar-refractivity contribution in [1.29, 1.82) is 0 Å². The van der Waals surface area contributed by atoms with E-state index in [1.807, 2.05) is 43.3 Å². The minimum Gasteiger partial charge on any atom is -0.497 e. The molecule has 0 atom stereocenters. The second-order valence-corrected chi connectivity index (χ2v) is 6.87. The Hall–Kier alpha value is -3.74. The van der Waals surface area contributed by atoms with Gasteiger partial charge in [0.2, 0.25) is 5.91 Å². The van der Waals surface area contributed by atoms with Gasteiger partial charge < -0.3 is 15.0 Å². The molecule has 0 unspecified atom stereocenters. The van der Waals surface area contributed by atoms with E-state index >= 15 is 0 Å². The number of hydrogen-bond donors (Lipinski definition) is 1. The lowest BCUT2D eigenvalue weighted by molar-refractivity contribution is 0.1000. The first-order chi connectivity index (χ1) is 14.1. The van der Waals surface area contributed by atoms with Gasteiger partial charge in [0.15, 0.2) is 0 Å². The highest BCUT2D eigenvalue weighted by atomic mass is 16.5. The van der Waals surface area contributed by atoms with E-state index in [0.717, 1.165) is 39.7 Å². The van der Waals surface area contributed by atoms with Crippen LogP contribution in [-0.2, 0) is 6.42 Å². The van der Waals surface area contributed by atoms with Gasteiger partial charge in [0, 0.05) is 23.4 Å². The predicted octanol–water partition coefficient (Wildman–Crippen LogP) is 3.92. The summed E-state index contributed by atoms with van der Waals surface area (Å²) >= 11 is 0. The molecule has 2 N–H and O–H groups in total. The van der Waals surface area contributed by atoms with Gasteiger partial charge in [-0.3, -0.25) is 4.79 Å². The van der Waals surface area contributed by atoms with Crippen LogP contribution >= 0.6 is 0 Å². The Balaban J connectivity index is 1.84. The fraction of sp³-hybridized carbons (Fsp3) is 0.182. The van der Waals surface area contributed by atoms with Crippen LogP contribution in [0.2, 0.25) is 0 Å². The molecule has 146 valence electrons. The van der Waals surface area contributed by atoms with Crippen LogP contribution in [0.3, 0.4) is 0 Å². The zero-order chi connectivity index (χ0) is 20.4. The number of nitrogens with two attached hydrogens (primary N) is 1. The third-order valence-electron chi connectivity index (χ3n) is 4.96. The molecule has 0 radical (unpaired) electrons. The Labute approximate surface area is 168 Å². The maximum atomic E-state index is 11.6. The van der Waals surface area contributed by atoms with Crippen molar-refractivity contribution in [3.63, 3.8) is 0 Å². The topological polar surface area (TPSA) is 94.3 Å². The van der Waals surface area contributed by atoms with Crippen molar-refractivity contribution in [2.24, 2.45) is 21.2 Å². The molecule has 1 aromatic heterocycles. The third kappa shape index (κ3) is 3.67. The molecule has 0 spiro atoms. The summed E-state index contributed by atoms with van der Waals surface area (Å²) < 4.78 is 7.46. The minimum absolute atomic E-state index is 0.439. The smallest absolute Gasteiger partial charge is 0.248 e. The zero-order valence-corrected chi connectivity index (χ0v) is 16.3. The number of aromatic nitrogens is 1. The Bertz CT molecular complexity index is 1130. The van der Waals surface area contributed by atoms with Crippen LogP contribution in [0, 0.1) is 6.92 Å². The Morgan fingerprint density at radius 1 is 1.14 bits per heavy atom. The van der Waals surface area contributed by atoms with Crippen LogP contribution < -0.4 is 10.5 Å². The molecule has 7 nitrogen and oxygen atoms in total. The first kappa shape index (κ1) is 18.6. The zero-order valence-electron chi connectivity index (χ0n) is 16.3. The van der Waals surface area contributed by atoms with E-state index in [4.69, 9.17) is 10.5 Å². The maximum absolute atomic E-state index is 11.6. The summed E-state index contributed by atoms with van der Waals surface area (Å²) in [5, 5.41) is 11.8. The number of primary amides is 1. The van der Waals surface area contributed by atoms with Crippen LogP contribution in [0.4, 0.5) is 0 Å². The molecule has 2 heterocycles. The number of amides is 1. The molecule has 1 aliphatic heterocycles. The molecule has 0 fully saturated rings. The number of aryl methyl sites for hydroxylation is 1. The van der Waals surface area contributed by atoms with Crippen molar-refractivity contribution in [2.45, 2.75) is 13.3 Å². The van der Waals surface area contributed by atoms with Gasteiger partial charge in [0.25, 0.3) is 0 Å². The van der Waals surface area contributed by atoms with Gasteiger partial charge in [0.05, 0.1) is 18.5 Å². The highest BCUT2D eigenvalue weighted by molar-refractivity contribution is 5.93. The van der Waals surface area contributed by atoms with Crippen molar-refractivity contribution in [2.75, 3.05) is 13.7 Å². The second-order valence-electron chi connectivity index (χ2n) is 6.87. The number of benzene rings is 2. The molecule has 2 aromatic carbocycles. The number of nitrogens with zero attached hydrogens (tertiary/aromatic N) is 4. The monoisotopic (exact) mass is 387 g/mol. The van der Waals surface area contributed by atoms with Crippen LogP contribution in [0.15, 0.2) is 70.0 Å². The van der Waals surface area contributed by atoms with Crippen molar-refractivity contribution >= 4 is 11.6 Å². The van der Waals surface area contributed by atoms with Gasteiger partial charge in [-0.2, -0.15) is 5.11 Å². The molecule has 0 saturated carbocycles. The Kier molecular flexibility index (Phi) is 4.95. The first-order valence-electron chi connectivity index (χ1n) is 9.25. The van der Waals surface area contributed by atoms with E-state index < -0.39 is 5.91 Å². The van der Waals surface area contributed by atoms with Crippen LogP contribution in [0.5, 0.6) is 5.75 Å². The van der Waals surface area contributed by atoms with Crippen LogP contribution in [-0.4, -0.2) is 29.8 Å². The molecule has 7 heteroatoms. The number of hydrogen-bond acceptors (Lipinski definition) is 5. The summed E-state index contributed by atoms with van der Waals surface area (Å²) in [6.45, 7) is 2.49. The molecule has 4 rings (SSSR count). The number of rotatable bonds is 6. The first-order valence-corrected chi connectivity index (χ1v) is 9.25. The number of ether oxygens (including phenoxy) is 1. The predicted molar refractivity (Wildman–Crippen MR) is 112 cm³/mol. The number of methoxy groups -OCH3 is 1. The molecular formula is C22H21N5O2. The normalized spacial score (nSPS) is 12.8. The van der Waals surface area contributed by atoms with E-state index in [1.54, 1.807) is 13.2 Å². The number of carbonyl (C=O) groups is 1. The van der Waals surface area contributed by atoms with Crippen molar-refractivity contribution in [3.8, 4) is 22.7 Å². The lowest BCUT2D eigenvalue weighted by atomic mass is 10.1. The van der Waals surface area contributed by atoms with E-state index in [1.165, 1.54) is 0 Å². The van der Waals surface area contributed by atoms with E-state index in [9.17, 15) is 4.79 Å². The van der Waals surface area contributed by atoms with E-state index in [2.05, 4.69) is 32.1 Å². The lowest BCUT2D eigenvalue weighted by Crippen LogP contribution is -2.13. The molecule has 1 amide bonds. The largest absolute Gasteiger partial charge is 0.497 e. The molecule has 3 aromatic rings. The quantitative estimate of drug-likeness (QED) is 0.694. The number of carbonyl (C=O) groups excluding carboxylic acids is 1. The highest BCUT2D eigenvalue weighted by Crippen LogP contribution is 2.30. The van der Waals surface area contributed by atoms with Gasteiger partial charge in [-0.1, -0.05) is 0 Å². The van der Waals surface area contributed by atoms with Gasteiger partial charge >= 0.3 is 0 Å². The fourth-order valence-electron chi connectivity index (χ4n) is 3.49. The molecular weight excluding hydrogens is 366 g/mol. The summed E-state index contributed by atoms with van der Waals surface area (Å²) in [6.07, 6.45) is 0.639. The standard InChI is InChI=1S/C22H21N5O2/c1-14-11-16(22(23)28)5-9-20(14)27-18(12-17-13-24-26-25-17)6-10-21(27)15-3-7-19(29-2)8-4-15/h3-11H,12-13H2,1-2H3,(H2,23,28). The average molecular weight is 387 g/mol. The maximum Gasteiger partial charge on any atom is 0.248 e. The summed E-state index contributed by atoms with van der Waals surface area (Å²) in [4.78, 5) is 11.6. The van der Waals surface area contributed by atoms with Crippen molar-refractivity contribution < 1.29 is 9.53 Å². The van der Waals surface area contributed by atoms with Crippen LogP contribution in [0.25, 0.3) is 16.9 Å². The highest BCUT2D eigenvalue weighted by Gasteiger charge is 2.17. The summed E-state index contributed by atoms with van der Waals surface area (Å²) in [7, 11) is 1.65. The van der Waals surface area contributed by atoms with Crippen molar-refractivity contribution in [1.82, 2.24) is 4.57 Å². The SMILES string of the molecule is COc1ccc(-c2ccc(CC3=NN=NC3)n2-c2ccc(C(N)=O)cc2C)cc1. The lowest BCUT2D eigenvalue weighted by Gasteiger charge is -2.17. The summed E-state index contributed by atoms with van der Waals surface area (Å²) in [6, 6.07) is 17.6. The molecule has 0 aliphatic carbocycles. The van der Waals surface area contributed by atoms with Gasteiger partial charge in [-0.25, -0.2) is 0 Å². The summed E-state index contributed by atoms with van der Waals surface area (Å²) in [5.74, 6) is 0.365. The second kappa shape index (κ2) is 7.71. The molecule has 0 bridgehead atoms. The average Bonchev–Trinajstić information content (AvgIpc) is 3.38. The van der Waals surface area contributed by atoms with Gasteiger partial charge in [-0.15, -0.1) is 5.10 Å². The third-order valence-corrected chi connectivity index (χ3v) is 4.96. The fourth-order valence-corrected chi connectivity index (χ4v) is 3.49. The Morgan fingerprint density at radius 3 is 2.55 bits per heavy atom. The molecule has 1 aliphatic rings. The Morgan fingerprint density at radius 2 is 1.93 bits per heavy atom. The van der Waals surface area contributed by atoms with Crippen LogP contribution in [0.1, 0.15) is 21.6 Å². The molecule has 29 heavy (non-hydrogen) atoms. The van der Waals surface area contributed by atoms with Gasteiger partial charge in [-0.05, 0) is 77.9 Å². The molecule has 0 saturated heterocycles. The minimum atomic E-state index is -0.439. The van der Waals surface area contributed by atoms with Crippen molar-refractivity contribution in [3.05, 3.63) is 71.4 Å².